The van der Waals surface area contributed by atoms with Crippen LogP contribution in [0.4, 0.5) is 0 Å². The van der Waals surface area contributed by atoms with Gasteiger partial charge in [0.05, 0.1) is 0 Å². The molecule has 0 heterocycles. The van der Waals surface area contributed by atoms with Gasteiger partial charge in [-0.25, -0.2) is 0 Å². The predicted octanol–water partition coefficient (Wildman–Crippen LogP) is 8.70. The summed E-state index contributed by atoms with van der Waals surface area (Å²) in [6, 6.07) is 0. The summed E-state index contributed by atoms with van der Waals surface area (Å²) in [5, 5.41) is 0. The summed E-state index contributed by atoms with van der Waals surface area (Å²) in [4.78, 5) is 25.5. The van der Waals surface area contributed by atoms with Crippen LogP contribution in [0.3, 0.4) is 0 Å². The summed E-state index contributed by atoms with van der Waals surface area (Å²) >= 11 is 0. The number of rotatable bonds is 4. The van der Waals surface area contributed by atoms with Crippen LogP contribution in [-0.2, 0) is 14.3 Å². The third-order valence-corrected chi connectivity index (χ3v) is 13.6. The number of hydrogen-bond acceptors (Lipinski definition) is 3. The van der Waals surface area contributed by atoms with Crippen LogP contribution in [0.2, 0.25) is 0 Å². The van der Waals surface area contributed by atoms with Gasteiger partial charge in [0.15, 0.2) is 5.78 Å². The lowest BCUT2D eigenvalue weighted by Crippen LogP contribution is -2.65. The van der Waals surface area contributed by atoms with Crippen molar-refractivity contribution in [1.82, 2.24) is 0 Å². The molecule has 0 spiro atoms. The van der Waals surface area contributed by atoms with E-state index in [1.54, 1.807) is 12.5 Å². The molecule has 3 heteroatoms. The molecule has 8 atom stereocenters. The van der Waals surface area contributed by atoms with Crippen molar-refractivity contribution < 1.29 is 14.3 Å². The van der Waals surface area contributed by atoms with E-state index in [4.69, 9.17) is 4.74 Å². The first-order valence-electron chi connectivity index (χ1n) is 15.6. The van der Waals surface area contributed by atoms with Gasteiger partial charge in [-0.05, 0) is 109 Å². The average Bonchev–Trinajstić information content (AvgIpc) is 3.08. The van der Waals surface area contributed by atoms with Crippen molar-refractivity contribution >= 4 is 11.8 Å². The SMILES string of the molecule is CCC[C@@]12CC[C@]3(C)[C@H](CC[C@@H]4[C@@]5(C)CC[C@H](OC(C)=O)C(C)(C)[C@@H]5CC[C@]43C)C1=C(C(C)C)C(=O)C2. The molecule has 5 rings (SSSR count). The van der Waals surface area contributed by atoms with Gasteiger partial charge in [-0.15, -0.1) is 0 Å². The summed E-state index contributed by atoms with van der Waals surface area (Å²) in [5.41, 5.74) is 3.82. The van der Waals surface area contributed by atoms with E-state index >= 15 is 0 Å². The summed E-state index contributed by atoms with van der Waals surface area (Å²) in [7, 11) is 0. The molecule has 0 aromatic heterocycles. The zero-order chi connectivity index (χ0) is 27.2. The van der Waals surface area contributed by atoms with Crippen LogP contribution in [-0.4, -0.2) is 17.9 Å². The molecular formula is C34H54O3. The molecule has 0 radical (unpaired) electrons. The summed E-state index contributed by atoms with van der Waals surface area (Å²) < 4.78 is 5.92. The Kier molecular flexibility index (Phi) is 6.45. The Morgan fingerprint density at radius 3 is 2.24 bits per heavy atom. The Morgan fingerprint density at radius 1 is 0.919 bits per heavy atom. The van der Waals surface area contributed by atoms with Crippen LogP contribution < -0.4 is 0 Å². The van der Waals surface area contributed by atoms with Crippen LogP contribution in [0, 0.1) is 50.7 Å². The maximum Gasteiger partial charge on any atom is 0.302 e. The molecule has 5 aliphatic rings. The summed E-state index contributed by atoms with van der Waals surface area (Å²) in [5.74, 6) is 2.50. The highest BCUT2D eigenvalue weighted by molar-refractivity contribution is 6.00. The van der Waals surface area contributed by atoms with Gasteiger partial charge in [0.2, 0.25) is 0 Å². The second kappa shape index (κ2) is 8.69. The van der Waals surface area contributed by atoms with Crippen LogP contribution >= 0.6 is 0 Å². The van der Waals surface area contributed by atoms with Crippen molar-refractivity contribution in [3.8, 4) is 0 Å². The fourth-order valence-corrected chi connectivity index (χ4v) is 11.9. The first-order valence-corrected chi connectivity index (χ1v) is 15.6. The van der Waals surface area contributed by atoms with Gasteiger partial charge in [-0.1, -0.05) is 67.4 Å². The molecule has 4 fully saturated rings. The fraction of sp³-hybridized carbons (Fsp3) is 0.882. The average molecular weight is 511 g/mol. The number of ether oxygens (including phenoxy) is 1. The minimum atomic E-state index is -0.131. The predicted molar refractivity (Wildman–Crippen MR) is 150 cm³/mol. The minimum Gasteiger partial charge on any atom is -0.462 e. The first-order chi connectivity index (χ1) is 17.2. The monoisotopic (exact) mass is 510 g/mol. The van der Waals surface area contributed by atoms with E-state index in [1.807, 2.05) is 0 Å². The fourth-order valence-electron chi connectivity index (χ4n) is 11.9. The van der Waals surface area contributed by atoms with Crippen molar-refractivity contribution in [2.45, 2.75) is 139 Å². The van der Waals surface area contributed by atoms with Gasteiger partial charge in [0, 0.05) is 18.8 Å². The lowest BCUT2D eigenvalue weighted by molar-refractivity contribution is -0.232. The highest BCUT2D eigenvalue weighted by atomic mass is 16.5. The van der Waals surface area contributed by atoms with E-state index in [2.05, 4.69) is 55.4 Å². The Hall–Kier alpha value is -1.12. The summed E-state index contributed by atoms with van der Waals surface area (Å²) in [6.07, 6.45) is 12.8. The molecule has 0 N–H and O–H groups in total. The molecule has 37 heavy (non-hydrogen) atoms. The second-order valence-corrected chi connectivity index (χ2v) is 15.7. The Morgan fingerprint density at radius 2 is 1.62 bits per heavy atom. The minimum absolute atomic E-state index is 0.00576. The van der Waals surface area contributed by atoms with E-state index in [9.17, 15) is 9.59 Å². The topological polar surface area (TPSA) is 43.4 Å². The number of hydrogen-bond donors (Lipinski definition) is 0. The van der Waals surface area contributed by atoms with Crippen molar-refractivity contribution in [3.63, 3.8) is 0 Å². The zero-order valence-electron chi connectivity index (χ0n) is 25.4. The van der Waals surface area contributed by atoms with Crippen LogP contribution in [0.5, 0.6) is 0 Å². The molecule has 0 bridgehead atoms. The second-order valence-electron chi connectivity index (χ2n) is 15.7. The standard InChI is InChI=1S/C34H54O3/c1-10-15-34-19-18-32(8)23(29(34)28(21(2)3)24(36)20-34)11-12-26-31(7)16-14-27(37-22(4)35)30(5,6)25(31)13-17-33(26,32)9/h21,23,25-27H,10-20H2,1-9H3/t23-,25+,26-,27+,31+,32-,33-,34+/m1/s1. The van der Waals surface area contributed by atoms with Crippen LogP contribution in [0.15, 0.2) is 11.1 Å². The highest BCUT2D eigenvalue weighted by Crippen LogP contribution is 2.77. The van der Waals surface area contributed by atoms with Gasteiger partial charge in [0.25, 0.3) is 0 Å². The Balaban J connectivity index is 1.55. The molecule has 5 aliphatic carbocycles. The molecule has 0 amide bonds. The quantitative estimate of drug-likeness (QED) is 0.355. The Labute approximate surface area is 227 Å². The molecule has 3 nitrogen and oxygen atoms in total. The maximum absolute atomic E-state index is 13.5. The van der Waals surface area contributed by atoms with Crippen LogP contribution in [0.1, 0.15) is 133 Å². The maximum atomic E-state index is 13.5. The molecule has 0 saturated heterocycles. The number of ketones is 1. The molecular weight excluding hydrogens is 456 g/mol. The third kappa shape index (κ3) is 3.56. The molecule has 208 valence electrons. The van der Waals surface area contributed by atoms with Gasteiger partial charge in [-0.3, -0.25) is 9.59 Å². The summed E-state index contributed by atoms with van der Waals surface area (Å²) in [6.45, 7) is 21.1. The Bertz CT molecular complexity index is 1000. The number of Topliss-reactive ketones (excluding diaryl/α,β-unsaturated/α-hetero) is 1. The van der Waals surface area contributed by atoms with E-state index in [1.165, 1.54) is 56.9 Å². The number of carbonyl (C=O) groups is 2. The smallest absolute Gasteiger partial charge is 0.302 e. The van der Waals surface area contributed by atoms with Gasteiger partial charge in [-0.2, -0.15) is 0 Å². The van der Waals surface area contributed by atoms with Gasteiger partial charge < -0.3 is 4.74 Å². The van der Waals surface area contributed by atoms with E-state index in [0.29, 0.717) is 29.5 Å². The molecule has 4 saturated carbocycles. The number of fused-ring (bicyclic) bond motifs is 7. The lowest BCUT2D eigenvalue weighted by Gasteiger charge is -2.72. The number of esters is 1. The van der Waals surface area contributed by atoms with Crippen LogP contribution in [0.25, 0.3) is 0 Å². The van der Waals surface area contributed by atoms with E-state index in [-0.39, 0.29) is 39.1 Å². The van der Waals surface area contributed by atoms with Crippen molar-refractivity contribution in [2.75, 3.05) is 0 Å². The number of carbonyl (C=O) groups excluding carboxylic acids is 2. The lowest BCUT2D eigenvalue weighted by atomic mass is 9.33. The molecule has 0 aromatic rings. The molecule has 0 unspecified atom stereocenters. The van der Waals surface area contributed by atoms with Crippen molar-refractivity contribution in [1.29, 1.82) is 0 Å². The van der Waals surface area contributed by atoms with Crippen molar-refractivity contribution in [3.05, 3.63) is 11.1 Å². The third-order valence-electron chi connectivity index (χ3n) is 13.6. The normalized spacial score (nSPS) is 46.7. The van der Waals surface area contributed by atoms with E-state index in [0.717, 1.165) is 19.3 Å². The molecule has 0 aliphatic heterocycles. The van der Waals surface area contributed by atoms with E-state index < -0.39 is 0 Å². The first kappa shape index (κ1) is 27.4. The van der Waals surface area contributed by atoms with Crippen molar-refractivity contribution in [2.24, 2.45) is 50.7 Å². The zero-order valence-corrected chi connectivity index (χ0v) is 25.4. The molecule has 0 aromatic carbocycles. The highest BCUT2D eigenvalue weighted by Gasteiger charge is 2.70. The van der Waals surface area contributed by atoms with Gasteiger partial charge in [0.1, 0.15) is 6.10 Å². The number of allylic oxidation sites excluding steroid dienone is 2. The largest absolute Gasteiger partial charge is 0.462 e. The van der Waals surface area contributed by atoms with Gasteiger partial charge >= 0.3 is 5.97 Å².